The number of pyridine rings is 2. The van der Waals surface area contributed by atoms with E-state index in [-0.39, 0.29) is 17.2 Å². The van der Waals surface area contributed by atoms with Crippen LogP contribution in [-0.2, 0) is 0 Å². The Bertz CT molecular complexity index is 1250. The van der Waals surface area contributed by atoms with Crippen LogP contribution in [-0.4, -0.2) is 12.7 Å². The van der Waals surface area contributed by atoms with E-state index in [1.165, 1.54) is 47.0 Å². The monoisotopic (exact) mass is 478 g/mol. The third kappa shape index (κ3) is 5.83. The normalized spacial score (nSPS) is 11.8. The van der Waals surface area contributed by atoms with Crippen molar-refractivity contribution in [1.29, 1.82) is 0 Å². The Hall–Kier alpha value is -4.08. The highest BCUT2D eigenvalue weighted by Crippen LogP contribution is 2.27. The van der Waals surface area contributed by atoms with Crippen molar-refractivity contribution in [3.8, 4) is 34.0 Å². The summed E-state index contributed by atoms with van der Waals surface area (Å²) >= 11 is 0. The number of benzene rings is 2. The third-order valence-corrected chi connectivity index (χ3v) is 4.73. The summed E-state index contributed by atoms with van der Waals surface area (Å²) in [5.74, 6) is -0.631. The van der Waals surface area contributed by atoms with Crippen molar-refractivity contribution in [3.05, 3.63) is 97.6 Å². The Balaban J connectivity index is 1.51. The maximum atomic E-state index is 12.7. The van der Waals surface area contributed by atoms with Crippen molar-refractivity contribution in [3.63, 3.8) is 0 Å². The molecule has 0 aliphatic heterocycles. The van der Waals surface area contributed by atoms with Gasteiger partial charge in [0.1, 0.15) is 5.75 Å². The Morgan fingerprint density at radius 2 is 1.03 bits per heavy atom. The molecule has 4 rings (SSSR count). The Labute approximate surface area is 189 Å². The topological polar surface area (TPSA) is 26.2 Å². The van der Waals surface area contributed by atoms with E-state index in [1.54, 1.807) is 59.7 Å². The fraction of sp³-hybridized carbons (Fsp3) is 0.0833. The van der Waals surface area contributed by atoms with Crippen LogP contribution in [0.3, 0.4) is 0 Å². The molecule has 0 amide bonds. The number of para-hydroxylation sites is 2. The molecule has 0 N–H and O–H groups in total. The highest BCUT2D eigenvalue weighted by molar-refractivity contribution is 5.61. The van der Waals surface area contributed by atoms with Gasteiger partial charge in [0.05, 0.1) is 0 Å². The van der Waals surface area contributed by atoms with Crippen LogP contribution >= 0.6 is 0 Å². The van der Waals surface area contributed by atoms with E-state index in [1.807, 2.05) is 0 Å². The summed E-state index contributed by atoms with van der Waals surface area (Å²) in [6, 6.07) is 18.3. The summed E-state index contributed by atoms with van der Waals surface area (Å²) in [5.41, 5.74) is 2.51. The van der Waals surface area contributed by atoms with E-state index < -0.39 is 12.7 Å². The number of hydrogen-bond donors (Lipinski definition) is 0. The number of nitrogens with zero attached hydrogens (tertiary/aromatic N) is 2. The molecule has 0 fully saturated rings. The molecule has 34 heavy (non-hydrogen) atoms. The van der Waals surface area contributed by atoms with Crippen LogP contribution in [0.4, 0.5) is 26.3 Å². The lowest BCUT2D eigenvalue weighted by Crippen LogP contribution is -2.31. The van der Waals surface area contributed by atoms with Gasteiger partial charge in [0.25, 0.3) is 5.69 Å². The first-order valence-electron chi connectivity index (χ1n) is 9.82. The number of ether oxygens (including phenoxy) is 2. The van der Waals surface area contributed by atoms with Crippen molar-refractivity contribution < 1.29 is 45.0 Å². The maximum Gasteiger partial charge on any atom is 0.573 e. The second-order valence-corrected chi connectivity index (χ2v) is 7.05. The minimum Gasteiger partial charge on any atom is -0.406 e. The SMILES string of the molecule is FC(F)(F)Oc1ccc(-[n+]2ccc(-c3cc[n+](-c4ccccc4OC(F)(F)F)cc3)cc2)cc1. The molecule has 0 radical (unpaired) electrons. The molecule has 4 aromatic rings. The Kier molecular flexibility index (Phi) is 6.14. The molecule has 2 aromatic heterocycles. The van der Waals surface area contributed by atoms with Crippen LogP contribution < -0.4 is 18.6 Å². The zero-order valence-electron chi connectivity index (χ0n) is 17.2. The van der Waals surface area contributed by atoms with E-state index in [9.17, 15) is 26.3 Å². The Morgan fingerprint density at radius 3 is 1.56 bits per heavy atom. The number of halogens is 6. The fourth-order valence-electron chi connectivity index (χ4n) is 3.27. The molecule has 0 saturated carbocycles. The molecule has 0 atom stereocenters. The van der Waals surface area contributed by atoms with Crippen LogP contribution in [0, 0.1) is 0 Å². The first kappa shape index (κ1) is 23.1. The summed E-state index contributed by atoms with van der Waals surface area (Å²) in [4.78, 5) is 0. The van der Waals surface area contributed by atoms with E-state index in [0.29, 0.717) is 5.69 Å². The minimum atomic E-state index is -4.80. The second kappa shape index (κ2) is 9.05. The lowest BCUT2D eigenvalue weighted by atomic mass is 10.1. The van der Waals surface area contributed by atoms with Gasteiger partial charge in [0.15, 0.2) is 24.8 Å². The smallest absolute Gasteiger partial charge is 0.406 e. The van der Waals surface area contributed by atoms with Gasteiger partial charge < -0.3 is 9.47 Å². The van der Waals surface area contributed by atoms with Crippen LogP contribution in [0.25, 0.3) is 22.5 Å². The molecule has 10 heteroatoms. The van der Waals surface area contributed by atoms with E-state index in [0.717, 1.165) is 11.1 Å². The van der Waals surface area contributed by atoms with Gasteiger partial charge >= 0.3 is 12.7 Å². The molecule has 2 heterocycles. The van der Waals surface area contributed by atoms with E-state index >= 15 is 0 Å². The van der Waals surface area contributed by atoms with E-state index in [4.69, 9.17) is 0 Å². The van der Waals surface area contributed by atoms with Gasteiger partial charge in [-0.15, -0.1) is 26.3 Å². The van der Waals surface area contributed by atoms with Gasteiger partial charge in [0.2, 0.25) is 11.4 Å². The molecule has 0 spiro atoms. The molecule has 0 aliphatic carbocycles. The van der Waals surface area contributed by atoms with Crippen LogP contribution in [0.1, 0.15) is 0 Å². The Morgan fingerprint density at radius 1 is 0.529 bits per heavy atom. The summed E-state index contributed by atoms with van der Waals surface area (Å²) < 4.78 is 86.1. The molecule has 0 saturated heterocycles. The van der Waals surface area contributed by atoms with Gasteiger partial charge in [-0.1, -0.05) is 12.1 Å². The first-order chi connectivity index (χ1) is 16.1. The molecular weight excluding hydrogens is 462 g/mol. The predicted octanol–water partition coefficient (Wildman–Crippen LogP) is 5.70. The van der Waals surface area contributed by atoms with Crippen molar-refractivity contribution in [1.82, 2.24) is 0 Å². The van der Waals surface area contributed by atoms with Crippen LogP contribution in [0.5, 0.6) is 11.5 Å². The molecule has 0 unspecified atom stereocenters. The van der Waals surface area contributed by atoms with Gasteiger partial charge in [-0.2, -0.15) is 9.13 Å². The third-order valence-electron chi connectivity index (χ3n) is 4.73. The summed E-state index contributed by atoms with van der Waals surface area (Å²) in [6.45, 7) is 0. The molecule has 4 nitrogen and oxygen atoms in total. The molecule has 174 valence electrons. The number of rotatable bonds is 5. The second-order valence-electron chi connectivity index (χ2n) is 7.05. The van der Waals surface area contributed by atoms with Crippen molar-refractivity contribution in [2.75, 3.05) is 0 Å². The highest BCUT2D eigenvalue weighted by atomic mass is 19.4. The predicted molar refractivity (Wildman–Crippen MR) is 108 cm³/mol. The molecule has 0 aliphatic rings. The van der Waals surface area contributed by atoms with Gasteiger partial charge in [-0.05, 0) is 29.3 Å². The molecular formula is C24H16F6N2O2+2. The average Bonchev–Trinajstić information content (AvgIpc) is 2.78. The maximum absolute atomic E-state index is 12.7. The summed E-state index contributed by atoms with van der Waals surface area (Å²) in [5, 5.41) is 0. The lowest BCUT2D eigenvalue weighted by molar-refractivity contribution is -0.596. The minimum absolute atomic E-state index is 0.232. The lowest BCUT2D eigenvalue weighted by Gasteiger charge is -2.10. The van der Waals surface area contributed by atoms with Crippen LogP contribution in [0.2, 0.25) is 0 Å². The summed E-state index contributed by atoms with van der Waals surface area (Å²) in [6.07, 6.45) is -2.84. The van der Waals surface area contributed by atoms with Crippen molar-refractivity contribution in [2.24, 2.45) is 0 Å². The number of hydrogen-bond acceptors (Lipinski definition) is 2. The van der Waals surface area contributed by atoms with Crippen molar-refractivity contribution >= 4 is 0 Å². The first-order valence-corrected chi connectivity index (χ1v) is 9.82. The van der Waals surface area contributed by atoms with Crippen LogP contribution in [0.15, 0.2) is 97.6 Å². The summed E-state index contributed by atoms with van der Waals surface area (Å²) in [7, 11) is 0. The average molecular weight is 478 g/mol. The fourth-order valence-corrected chi connectivity index (χ4v) is 3.27. The van der Waals surface area contributed by atoms with E-state index in [2.05, 4.69) is 9.47 Å². The largest absolute Gasteiger partial charge is 0.573 e. The molecule has 2 aromatic carbocycles. The zero-order chi connectivity index (χ0) is 24.3. The quantitative estimate of drug-likeness (QED) is 0.272. The molecule has 0 bridgehead atoms. The number of alkyl halides is 6. The zero-order valence-corrected chi connectivity index (χ0v) is 17.2. The number of aromatic nitrogens is 2. The van der Waals surface area contributed by atoms with Gasteiger partial charge in [0, 0.05) is 42.5 Å². The van der Waals surface area contributed by atoms with Crippen molar-refractivity contribution in [2.45, 2.75) is 12.7 Å². The highest BCUT2D eigenvalue weighted by Gasteiger charge is 2.33. The van der Waals surface area contributed by atoms with Gasteiger partial charge in [-0.25, -0.2) is 0 Å². The standard InChI is InChI=1S/C24H16F6N2O2/c25-23(26,27)33-20-7-5-19(6-8-20)31-13-9-17(10-14-31)18-11-15-32(16-12-18)21-3-1-2-4-22(21)34-24(28,29)30/h1-16H/q+2. The van der Waals surface area contributed by atoms with Gasteiger partial charge in [-0.3, -0.25) is 0 Å².